The van der Waals surface area contributed by atoms with Crippen LogP contribution in [0.5, 0.6) is 0 Å². The van der Waals surface area contributed by atoms with Gasteiger partial charge in [0.25, 0.3) is 0 Å². The number of hydrogen-bond donors (Lipinski definition) is 1. The van der Waals surface area contributed by atoms with E-state index in [-0.39, 0.29) is 24.8 Å². The molecule has 1 N–H and O–H groups in total. The molecule has 0 amide bonds. The van der Waals surface area contributed by atoms with Crippen molar-refractivity contribution >= 4 is 30.5 Å². The van der Waals surface area contributed by atoms with Crippen molar-refractivity contribution in [3.8, 4) is 0 Å². The van der Waals surface area contributed by atoms with E-state index in [1.807, 2.05) is 0 Å². The summed E-state index contributed by atoms with van der Waals surface area (Å²) in [5, 5.41) is 3.67. The molecule has 0 radical (unpaired) electrons. The van der Waals surface area contributed by atoms with E-state index in [0.29, 0.717) is 5.92 Å². The number of anilines is 1. The first-order valence-electron chi connectivity index (χ1n) is 7.48. The molecule has 0 saturated heterocycles. The predicted molar refractivity (Wildman–Crippen MR) is 96.3 cm³/mol. The number of halogens is 2. The molecule has 3 rings (SSSR count). The first kappa shape index (κ1) is 19.8. The molecule has 0 spiro atoms. The van der Waals surface area contributed by atoms with Crippen molar-refractivity contribution in [1.82, 2.24) is 0 Å². The Kier molecular flexibility index (Phi) is 6.83. The molecule has 119 valence electrons. The smallest absolute Gasteiger partial charge is 0.147 e. The van der Waals surface area contributed by atoms with Gasteiger partial charge >= 0.3 is 134 Å². The van der Waals surface area contributed by atoms with E-state index in [9.17, 15) is 0 Å². The molecule has 0 bridgehead atoms. The maximum Gasteiger partial charge on any atom is -0.147 e. The Morgan fingerprint density at radius 2 is 1.73 bits per heavy atom. The van der Waals surface area contributed by atoms with Gasteiger partial charge in [-0.15, -0.1) is 24.8 Å². The quantitative estimate of drug-likeness (QED) is 0.646. The van der Waals surface area contributed by atoms with Gasteiger partial charge in [-0.05, 0) is 0 Å². The van der Waals surface area contributed by atoms with Gasteiger partial charge in [-0.1, -0.05) is 0 Å². The standard InChI is InChI=1S/C18H22N.2ClH.Ti/c1-11-7-8-15-6-5-9-19-18(15)17(11)16-10-12(2)13(3)14(16)4;;;/h7-8,16,19H,5-6,9H2,1-4H3;2*1H;. The summed E-state index contributed by atoms with van der Waals surface area (Å²) in [6.07, 6.45) is 2.47. The summed E-state index contributed by atoms with van der Waals surface area (Å²) in [6.45, 7) is 10.2. The van der Waals surface area contributed by atoms with E-state index in [1.54, 1.807) is 0 Å². The van der Waals surface area contributed by atoms with Crippen molar-refractivity contribution in [2.45, 2.75) is 46.5 Å². The minimum Gasteiger partial charge on any atom is -0.147 e. The Bertz CT molecular complexity index is 623. The molecule has 2 aliphatic rings. The molecular formula is C18H24Cl2NTi. The normalized spacial score (nSPS) is 20.0. The fraction of sp³-hybridized carbons (Fsp3) is 0.444. The van der Waals surface area contributed by atoms with Crippen LogP contribution in [-0.4, -0.2) is 6.54 Å². The zero-order valence-corrected chi connectivity index (χ0v) is 16.9. The van der Waals surface area contributed by atoms with Crippen LogP contribution in [0.4, 0.5) is 5.69 Å². The van der Waals surface area contributed by atoms with E-state index in [0.717, 1.165) is 6.54 Å². The summed E-state index contributed by atoms with van der Waals surface area (Å²) >= 11 is 2.31. The Morgan fingerprint density at radius 1 is 1.05 bits per heavy atom. The number of allylic oxidation sites excluding steroid dienone is 4. The first-order chi connectivity index (χ1) is 9.52. The van der Waals surface area contributed by atoms with Crippen LogP contribution < -0.4 is 5.32 Å². The zero-order chi connectivity index (χ0) is 14.4. The van der Waals surface area contributed by atoms with Crippen LogP contribution in [0.3, 0.4) is 0 Å². The Morgan fingerprint density at radius 3 is 2.32 bits per heavy atom. The fourth-order valence-electron chi connectivity index (χ4n) is 3.56. The van der Waals surface area contributed by atoms with E-state index in [1.165, 1.54) is 55.8 Å². The van der Waals surface area contributed by atoms with Gasteiger partial charge < -0.3 is 0 Å². The van der Waals surface area contributed by atoms with Gasteiger partial charge in [0, 0.05) is 0 Å². The van der Waals surface area contributed by atoms with Crippen LogP contribution in [0.25, 0.3) is 0 Å². The summed E-state index contributed by atoms with van der Waals surface area (Å²) < 4.78 is 1.53. The third kappa shape index (κ3) is 3.06. The average molecular weight is 373 g/mol. The largest absolute Gasteiger partial charge is 0.147 e. The molecule has 1 heterocycles. The molecule has 4 heteroatoms. The van der Waals surface area contributed by atoms with Crippen molar-refractivity contribution in [1.29, 1.82) is 0 Å². The molecular weight excluding hydrogens is 349 g/mol. The van der Waals surface area contributed by atoms with Crippen molar-refractivity contribution in [3.05, 3.63) is 49.4 Å². The van der Waals surface area contributed by atoms with E-state index in [4.69, 9.17) is 0 Å². The van der Waals surface area contributed by atoms with E-state index < -0.39 is 0 Å². The van der Waals surface area contributed by atoms with Crippen LogP contribution in [-0.2, 0) is 26.9 Å². The number of aryl methyl sites for hydroxylation is 2. The molecule has 0 saturated carbocycles. The van der Waals surface area contributed by atoms with Gasteiger partial charge in [-0.2, -0.15) is 0 Å². The monoisotopic (exact) mass is 372 g/mol. The molecule has 0 aromatic heterocycles. The summed E-state index contributed by atoms with van der Waals surface area (Å²) in [7, 11) is 0. The van der Waals surface area contributed by atoms with Gasteiger partial charge in [0.15, 0.2) is 0 Å². The second-order valence-electron chi connectivity index (χ2n) is 6.14. The summed E-state index contributed by atoms with van der Waals surface area (Å²) in [4.78, 5) is 0. The van der Waals surface area contributed by atoms with Crippen LogP contribution >= 0.6 is 24.8 Å². The second kappa shape index (κ2) is 7.58. The molecule has 1 aromatic carbocycles. The van der Waals surface area contributed by atoms with E-state index >= 15 is 0 Å². The predicted octanol–water partition coefficient (Wildman–Crippen LogP) is 5.45. The summed E-state index contributed by atoms with van der Waals surface area (Å²) in [5.41, 5.74) is 10.4. The summed E-state index contributed by atoms with van der Waals surface area (Å²) in [6, 6.07) is 4.62. The first-order valence-corrected chi connectivity index (χ1v) is 8.26. The molecule has 1 aromatic rings. The van der Waals surface area contributed by atoms with Crippen LogP contribution in [0.1, 0.15) is 49.8 Å². The number of rotatable bonds is 1. The molecule has 22 heavy (non-hydrogen) atoms. The Hall–Kier alpha value is -0.206. The fourth-order valence-corrected chi connectivity index (χ4v) is 4.41. The Labute approximate surface area is 158 Å². The van der Waals surface area contributed by atoms with Crippen LogP contribution in [0, 0.1) is 6.92 Å². The van der Waals surface area contributed by atoms with Gasteiger partial charge in [-0.25, -0.2) is 0 Å². The van der Waals surface area contributed by atoms with Gasteiger partial charge in [0.05, 0.1) is 0 Å². The minimum absolute atomic E-state index is 0. The minimum atomic E-state index is 0. The van der Waals surface area contributed by atoms with Crippen molar-refractivity contribution in [3.63, 3.8) is 0 Å². The number of benzene rings is 1. The molecule has 1 aliphatic heterocycles. The van der Waals surface area contributed by atoms with Crippen molar-refractivity contribution < 1.29 is 20.4 Å². The maximum absolute atomic E-state index is 3.67. The molecule has 1 aliphatic carbocycles. The van der Waals surface area contributed by atoms with Crippen molar-refractivity contribution in [2.75, 3.05) is 11.9 Å². The van der Waals surface area contributed by atoms with Crippen LogP contribution in [0.2, 0.25) is 0 Å². The second-order valence-corrected chi connectivity index (χ2v) is 6.98. The SMILES string of the molecule is CC1=C(C)C(c2c(C)ccc3c2NCCC3)[C]([Ti])=C1C.Cl.Cl. The molecule has 1 unspecified atom stereocenters. The Balaban J connectivity index is 0.00000121. The molecule has 0 fully saturated rings. The maximum atomic E-state index is 3.67. The van der Waals surface area contributed by atoms with Gasteiger partial charge in [-0.3, -0.25) is 0 Å². The van der Waals surface area contributed by atoms with Gasteiger partial charge in [0.1, 0.15) is 0 Å². The number of nitrogens with one attached hydrogen (secondary N) is 1. The number of hydrogen-bond acceptors (Lipinski definition) is 1. The van der Waals surface area contributed by atoms with Crippen molar-refractivity contribution in [2.24, 2.45) is 0 Å². The third-order valence-electron chi connectivity index (χ3n) is 5.04. The third-order valence-corrected chi connectivity index (χ3v) is 6.08. The van der Waals surface area contributed by atoms with E-state index in [2.05, 4.69) is 65.6 Å². The van der Waals surface area contributed by atoms with Crippen LogP contribution in [0.15, 0.2) is 32.7 Å². The van der Waals surface area contributed by atoms with Gasteiger partial charge in [0.2, 0.25) is 0 Å². The molecule has 1 atom stereocenters. The average Bonchev–Trinajstić information content (AvgIpc) is 2.64. The molecule has 1 nitrogen and oxygen atoms in total. The topological polar surface area (TPSA) is 12.0 Å². The summed E-state index contributed by atoms with van der Waals surface area (Å²) in [5.74, 6) is 0.482. The number of fused-ring (bicyclic) bond motifs is 1. The zero-order valence-electron chi connectivity index (χ0n) is 13.7.